The summed E-state index contributed by atoms with van der Waals surface area (Å²) in [7, 11) is 0. The van der Waals surface area contributed by atoms with Gasteiger partial charge < -0.3 is 10.4 Å². The molecule has 1 aliphatic heterocycles. The zero-order valence-corrected chi connectivity index (χ0v) is 8.81. The molecule has 1 saturated carbocycles. The quantitative estimate of drug-likeness (QED) is 0.703. The van der Waals surface area contributed by atoms with E-state index in [2.05, 4.69) is 5.32 Å². The minimum absolute atomic E-state index is 0.0760. The zero-order chi connectivity index (χ0) is 11.7. The minimum atomic E-state index is -0.962. The molecule has 6 nitrogen and oxygen atoms in total. The Morgan fingerprint density at radius 3 is 2.50 bits per heavy atom. The van der Waals surface area contributed by atoms with Crippen molar-refractivity contribution in [3.8, 4) is 0 Å². The van der Waals surface area contributed by atoms with Crippen molar-refractivity contribution < 1.29 is 19.5 Å². The fourth-order valence-corrected chi connectivity index (χ4v) is 1.74. The maximum atomic E-state index is 11.6. The highest BCUT2D eigenvalue weighted by molar-refractivity contribution is 5.96. The van der Waals surface area contributed by atoms with Crippen molar-refractivity contribution in [2.24, 2.45) is 5.92 Å². The molecular weight excluding hydrogens is 212 g/mol. The van der Waals surface area contributed by atoms with E-state index in [0.29, 0.717) is 6.42 Å². The Labute approximate surface area is 92.6 Å². The van der Waals surface area contributed by atoms with Crippen LogP contribution in [0.5, 0.6) is 0 Å². The third-order valence-electron chi connectivity index (χ3n) is 2.92. The molecule has 0 spiro atoms. The third kappa shape index (κ3) is 2.32. The number of urea groups is 1. The van der Waals surface area contributed by atoms with Gasteiger partial charge in [-0.2, -0.15) is 0 Å². The van der Waals surface area contributed by atoms with Gasteiger partial charge in [0.1, 0.15) is 0 Å². The second kappa shape index (κ2) is 4.11. The van der Waals surface area contributed by atoms with E-state index in [0.717, 1.165) is 17.7 Å². The van der Waals surface area contributed by atoms with Gasteiger partial charge in [0.15, 0.2) is 0 Å². The van der Waals surface area contributed by atoms with Gasteiger partial charge in [-0.1, -0.05) is 0 Å². The van der Waals surface area contributed by atoms with Gasteiger partial charge in [-0.25, -0.2) is 4.79 Å². The van der Waals surface area contributed by atoms with E-state index in [1.54, 1.807) is 0 Å². The molecule has 1 atom stereocenters. The summed E-state index contributed by atoms with van der Waals surface area (Å²) in [5, 5.41) is 11.5. The lowest BCUT2D eigenvalue weighted by molar-refractivity contribution is -0.148. The average molecular weight is 226 g/mol. The molecule has 1 unspecified atom stereocenters. The number of carbonyl (C=O) groups is 3. The Balaban J connectivity index is 1.90. The summed E-state index contributed by atoms with van der Waals surface area (Å²) in [6, 6.07) is -0.172. The first-order valence-corrected chi connectivity index (χ1v) is 5.41. The van der Waals surface area contributed by atoms with Gasteiger partial charge >= 0.3 is 12.0 Å². The highest BCUT2D eigenvalue weighted by Gasteiger charge is 2.35. The SMILES string of the molecule is O=C(O)C1CCN(C(=O)NC2CC2)C(=O)C1. The highest BCUT2D eigenvalue weighted by atomic mass is 16.4. The number of amides is 3. The maximum Gasteiger partial charge on any atom is 0.324 e. The molecule has 1 saturated heterocycles. The Bertz CT molecular complexity index is 338. The van der Waals surface area contributed by atoms with Crippen LogP contribution in [-0.2, 0) is 9.59 Å². The molecule has 0 aromatic rings. The molecule has 2 rings (SSSR count). The number of hydrogen-bond acceptors (Lipinski definition) is 3. The number of nitrogens with zero attached hydrogens (tertiary/aromatic N) is 1. The number of aliphatic carboxylic acids is 1. The number of hydrogen-bond donors (Lipinski definition) is 2. The number of carboxylic acids is 1. The smallest absolute Gasteiger partial charge is 0.324 e. The molecule has 0 radical (unpaired) electrons. The van der Waals surface area contributed by atoms with Gasteiger partial charge in [0, 0.05) is 19.0 Å². The number of likely N-dealkylation sites (tertiary alicyclic amines) is 1. The molecule has 16 heavy (non-hydrogen) atoms. The summed E-state index contributed by atoms with van der Waals surface area (Å²) in [5.74, 6) is -2.00. The number of carboxylic acid groups (broad SMARTS) is 1. The molecule has 3 amide bonds. The fraction of sp³-hybridized carbons (Fsp3) is 0.700. The van der Waals surface area contributed by atoms with Crippen LogP contribution in [0.4, 0.5) is 4.79 Å². The largest absolute Gasteiger partial charge is 0.481 e. The van der Waals surface area contributed by atoms with E-state index < -0.39 is 17.8 Å². The number of imide groups is 1. The number of carbonyl (C=O) groups excluding carboxylic acids is 2. The van der Waals surface area contributed by atoms with Crippen molar-refractivity contribution in [1.82, 2.24) is 10.2 Å². The third-order valence-corrected chi connectivity index (χ3v) is 2.92. The maximum absolute atomic E-state index is 11.6. The van der Waals surface area contributed by atoms with E-state index in [4.69, 9.17) is 5.11 Å². The lowest BCUT2D eigenvalue weighted by Gasteiger charge is -2.28. The van der Waals surface area contributed by atoms with Gasteiger partial charge in [-0.15, -0.1) is 0 Å². The summed E-state index contributed by atoms with van der Waals surface area (Å²) in [6.07, 6.45) is 2.20. The van der Waals surface area contributed by atoms with Gasteiger partial charge in [0.25, 0.3) is 0 Å². The predicted octanol–water partition coefficient (Wildman–Crippen LogP) is 0.182. The van der Waals surface area contributed by atoms with Crippen LogP contribution >= 0.6 is 0 Å². The Hall–Kier alpha value is -1.59. The first-order chi connectivity index (χ1) is 7.58. The normalized spacial score (nSPS) is 25.4. The van der Waals surface area contributed by atoms with Crippen molar-refractivity contribution >= 4 is 17.9 Å². The van der Waals surface area contributed by atoms with Crippen LogP contribution in [0.25, 0.3) is 0 Å². The number of rotatable bonds is 2. The predicted molar refractivity (Wildman–Crippen MR) is 53.6 cm³/mol. The Morgan fingerprint density at radius 1 is 1.31 bits per heavy atom. The molecular formula is C10H14N2O4. The van der Waals surface area contributed by atoms with Crippen LogP contribution in [0.15, 0.2) is 0 Å². The summed E-state index contributed by atoms with van der Waals surface area (Å²) in [4.78, 5) is 35.0. The number of piperidine rings is 1. The van der Waals surface area contributed by atoms with Crippen LogP contribution in [-0.4, -0.2) is 40.5 Å². The molecule has 88 valence electrons. The van der Waals surface area contributed by atoms with Gasteiger partial charge in [0.05, 0.1) is 5.92 Å². The first-order valence-electron chi connectivity index (χ1n) is 5.41. The molecule has 1 heterocycles. The Morgan fingerprint density at radius 2 is 2.00 bits per heavy atom. The van der Waals surface area contributed by atoms with Crippen molar-refractivity contribution in [3.63, 3.8) is 0 Å². The summed E-state index contributed by atoms with van der Waals surface area (Å²) in [5.41, 5.74) is 0. The molecule has 0 aromatic carbocycles. The van der Waals surface area contributed by atoms with Crippen LogP contribution < -0.4 is 5.32 Å². The van der Waals surface area contributed by atoms with E-state index in [9.17, 15) is 14.4 Å². The van der Waals surface area contributed by atoms with Crippen molar-refractivity contribution in [2.75, 3.05) is 6.54 Å². The van der Waals surface area contributed by atoms with E-state index in [-0.39, 0.29) is 25.0 Å². The van der Waals surface area contributed by atoms with Crippen LogP contribution in [0.3, 0.4) is 0 Å². The lowest BCUT2D eigenvalue weighted by Crippen LogP contribution is -2.49. The lowest BCUT2D eigenvalue weighted by atomic mass is 9.97. The molecule has 2 N–H and O–H groups in total. The van der Waals surface area contributed by atoms with Crippen molar-refractivity contribution in [3.05, 3.63) is 0 Å². The van der Waals surface area contributed by atoms with Crippen LogP contribution in [0, 0.1) is 5.92 Å². The van der Waals surface area contributed by atoms with Crippen LogP contribution in [0.1, 0.15) is 25.7 Å². The molecule has 6 heteroatoms. The standard InChI is InChI=1S/C10H14N2O4/c13-8-5-6(9(14)15)3-4-12(8)10(16)11-7-1-2-7/h6-7H,1-5H2,(H,11,16)(H,14,15). The van der Waals surface area contributed by atoms with Gasteiger partial charge in [-0.3, -0.25) is 14.5 Å². The van der Waals surface area contributed by atoms with E-state index in [1.165, 1.54) is 0 Å². The fourth-order valence-electron chi connectivity index (χ4n) is 1.74. The molecule has 2 aliphatic rings. The minimum Gasteiger partial charge on any atom is -0.481 e. The number of nitrogens with one attached hydrogen (secondary N) is 1. The summed E-state index contributed by atoms with van der Waals surface area (Å²) < 4.78 is 0. The van der Waals surface area contributed by atoms with Gasteiger partial charge in [0.2, 0.25) is 5.91 Å². The highest BCUT2D eigenvalue weighted by Crippen LogP contribution is 2.21. The van der Waals surface area contributed by atoms with E-state index >= 15 is 0 Å². The van der Waals surface area contributed by atoms with Gasteiger partial charge in [-0.05, 0) is 19.3 Å². The topological polar surface area (TPSA) is 86.7 Å². The zero-order valence-electron chi connectivity index (χ0n) is 8.81. The molecule has 1 aliphatic carbocycles. The molecule has 2 fully saturated rings. The second-order valence-electron chi connectivity index (χ2n) is 4.30. The second-order valence-corrected chi connectivity index (χ2v) is 4.30. The Kier molecular flexibility index (Phi) is 2.80. The van der Waals surface area contributed by atoms with Crippen LogP contribution in [0.2, 0.25) is 0 Å². The summed E-state index contributed by atoms with van der Waals surface area (Å²) in [6.45, 7) is 0.203. The van der Waals surface area contributed by atoms with Crippen molar-refractivity contribution in [1.29, 1.82) is 0 Å². The van der Waals surface area contributed by atoms with Crippen molar-refractivity contribution in [2.45, 2.75) is 31.7 Å². The average Bonchev–Trinajstić information content (AvgIpc) is 3.01. The molecule has 0 aromatic heterocycles. The first kappa shape index (κ1) is 10.9. The summed E-state index contributed by atoms with van der Waals surface area (Å²) >= 11 is 0. The molecule has 0 bridgehead atoms. The van der Waals surface area contributed by atoms with E-state index in [1.807, 2.05) is 0 Å². The monoisotopic (exact) mass is 226 g/mol.